The van der Waals surface area contributed by atoms with Gasteiger partial charge in [-0.1, -0.05) is 15.5 Å². The third kappa shape index (κ3) is 2.29. The van der Waals surface area contributed by atoms with E-state index in [1.54, 1.807) is 0 Å². The van der Waals surface area contributed by atoms with Crippen LogP contribution in [0.25, 0.3) is 0 Å². The van der Waals surface area contributed by atoms with Gasteiger partial charge in [0.25, 0.3) is 0 Å². The molecule has 1 heterocycles. The molecule has 1 rings (SSSR count). The molecule has 3 heteroatoms. The van der Waals surface area contributed by atoms with E-state index in [9.17, 15) is 5.11 Å². The third-order valence-corrected chi connectivity index (χ3v) is 3.29. The van der Waals surface area contributed by atoms with Crippen LogP contribution < -0.4 is 0 Å². The molecule has 1 atom stereocenters. The molecule has 1 unspecified atom stereocenters. The summed E-state index contributed by atoms with van der Waals surface area (Å²) in [6, 6.07) is 0. The number of allylic oxidation sites excluding steroid dienone is 1. The van der Waals surface area contributed by atoms with Gasteiger partial charge in [0.15, 0.2) is 0 Å². The fourth-order valence-electron chi connectivity index (χ4n) is 1.73. The van der Waals surface area contributed by atoms with Crippen LogP contribution >= 0.6 is 9.39 Å². The van der Waals surface area contributed by atoms with Crippen molar-refractivity contribution in [2.75, 3.05) is 19.7 Å². The monoisotopic (exact) mass is 187 g/mol. The highest BCUT2D eigenvalue weighted by Gasteiger charge is 2.31. The summed E-state index contributed by atoms with van der Waals surface area (Å²) >= 11 is 0. The Morgan fingerprint density at radius 3 is 2.50 bits per heavy atom. The van der Waals surface area contributed by atoms with E-state index in [2.05, 4.69) is 20.6 Å². The van der Waals surface area contributed by atoms with Gasteiger partial charge in [0, 0.05) is 19.7 Å². The van der Waals surface area contributed by atoms with Crippen LogP contribution in [0.5, 0.6) is 0 Å². The van der Waals surface area contributed by atoms with Crippen molar-refractivity contribution in [2.45, 2.75) is 19.3 Å². The zero-order valence-corrected chi connectivity index (χ0v) is 8.65. The number of hydrogen-bond acceptors (Lipinski definition) is 2. The highest BCUT2D eigenvalue weighted by atomic mass is 31.0. The molecule has 0 radical (unpaired) electrons. The maximum absolute atomic E-state index is 9.29. The van der Waals surface area contributed by atoms with Crippen LogP contribution in [0, 0.1) is 5.41 Å². The van der Waals surface area contributed by atoms with Crippen molar-refractivity contribution in [2.24, 2.45) is 5.41 Å². The van der Waals surface area contributed by atoms with Crippen LogP contribution in [0.15, 0.2) is 12.7 Å². The molecule has 2 nitrogen and oxygen atoms in total. The third-order valence-electron chi connectivity index (χ3n) is 2.77. The zero-order valence-electron chi connectivity index (χ0n) is 7.50. The Morgan fingerprint density at radius 2 is 2.08 bits per heavy atom. The molecule has 0 spiro atoms. The minimum absolute atomic E-state index is 0.134. The highest BCUT2D eigenvalue weighted by Crippen LogP contribution is 2.35. The molecule has 0 bridgehead atoms. The van der Waals surface area contributed by atoms with Crippen LogP contribution in [0.3, 0.4) is 0 Å². The lowest BCUT2D eigenvalue weighted by atomic mass is 9.77. The van der Waals surface area contributed by atoms with E-state index in [1.807, 2.05) is 6.08 Å². The van der Waals surface area contributed by atoms with Gasteiger partial charge in [0.05, 0.1) is 0 Å². The van der Waals surface area contributed by atoms with Crippen molar-refractivity contribution in [3.8, 4) is 0 Å². The maximum atomic E-state index is 9.29. The predicted octanol–water partition coefficient (Wildman–Crippen LogP) is 1.43. The minimum atomic E-state index is 0.134. The van der Waals surface area contributed by atoms with E-state index in [0.717, 1.165) is 32.4 Å². The number of nitrogens with zero attached hydrogens (tertiary/aromatic N) is 1. The van der Waals surface area contributed by atoms with Crippen LogP contribution in [0.4, 0.5) is 0 Å². The summed E-state index contributed by atoms with van der Waals surface area (Å²) in [4.78, 5) is 0. The van der Waals surface area contributed by atoms with E-state index >= 15 is 0 Å². The van der Waals surface area contributed by atoms with Crippen LogP contribution in [-0.4, -0.2) is 29.5 Å². The molecule has 1 saturated heterocycles. The lowest BCUT2D eigenvalue weighted by Gasteiger charge is -2.38. The van der Waals surface area contributed by atoms with Crippen molar-refractivity contribution in [1.29, 1.82) is 0 Å². The first-order chi connectivity index (χ1) is 5.72. The molecule has 12 heavy (non-hydrogen) atoms. The summed E-state index contributed by atoms with van der Waals surface area (Å²) in [5, 5.41) is 9.29. The van der Waals surface area contributed by atoms with Crippen LogP contribution in [-0.2, 0) is 0 Å². The molecule has 1 fully saturated rings. The number of piperidine rings is 1. The molecular formula is C9H18NOP. The van der Waals surface area contributed by atoms with Crippen LogP contribution in [0.2, 0.25) is 0 Å². The first-order valence-electron chi connectivity index (χ1n) is 4.44. The van der Waals surface area contributed by atoms with E-state index in [0.29, 0.717) is 6.61 Å². The SMILES string of the molecule is C=CCC1(CO)CCN(P)CC1. The van der Waals surface area contributed by atoms with Gasteiger partial charge in [-0.3, -0.25) is 4.67 Å². The largest absolute Gasteiger partial charge is 0.396 e. The second-order valence-corrected chi connectivity index (χ2v) is 4.42. The number of aliphatic hydroxyl groups is 1. The summed E-state index contributed by atoms with van der Waals surface area (Å²) in [7, 11) is 2.72. The molecule has 1 aliphatic rings. The fourth-order valence-corrected chi connectivity index (χ4v) is 1.99. The summed E-state index contributed by atoms with van der Waals surface area (Å²) in [5.41, 5.74) is 0.134. The van der Waals surface area contributed by atoms with Gasteiger partial charge in [-0.15, -0.1) is 6.58 Å². The molecule has 0 aliphatic carbocycles. The van der Waals surface area contributed by atoms with E-state index < -0.39 is 0 Å². The summed E-state index contributed by atoms with van der Waals surface area (Å²) in [6.07, 6.45) is 5.04. The summed E-state index contributed by atoms with van der Waals surface area (Å²) < 4.78 is 2.23. The maximum Gasteiger partial charge on any atom is 0.0491 e. The fraction of sp³-hybridized carbons (Fsp3) is 0.778. The lowest BCUT2D eigenvalue weighted by Crippen LogP contribution is -2.37. The van der Waals surface area contributed by atoms with Gasteiger partial charge < -0.3 is 5.11 Å². The van der Waals surface area contributed by atoms with Gasteiger partial charge in [-0.25, -0.2) is 0 Å². The second kappa shape index (κ2) is 4.36. The van der Waals surface area contributed by atoms with E-state index in [1.165, 1.54) is 0 Å². The molecule has 1 aliphatic heterocycles. The molecule has 0 saturated carbocycles. The quantitative estimate of drug-likeness (QED) is 0.533. The summed E-state index contributed by atoms with van der Waals surface area (Å²) in [6.45, 7) is 6.18. The second-order valence-electron chi connectivity index (χ2n) is 3.69. The van der Waals surface area contributed by atoms with Crippen LogP contribution in [0.1, 0.15) is 19.3 Å². The first-order valence-corrected chi connectivity index (χ1v) is 4.95. The average Bonchev–Trinajstić information content (AvgIpc) is 2.10. The molecule has 0 aromatic carbocycles. The Balaban J connectivity index is 2.50. The van der Waals surface area contributed by atoms with Gasteiger partial charge in [-0.2, -0.15) is 0 Å². The molecule has 1 N–H and O–H groups in total. The number of rotatable bonds is 3. The number of aliphatic hydroxyl groups excluding tert-OH is 1. The van der Waals surface area contributed by atoms with Crippen molar-refractivity contribution in [3.05, 3.63) is 12.7 Å². The molecule has 0 amide bonds. The predicted molar refractivity (Wildman–Crippen MR) is 54.8 cm³/mol. The summed E-state index contributed by atoms with van der Waals surface area (Å²) in [5.74, 6) is 0. The van der Waals surface area contributed by atoms with E-state index in [4.69, 9.17) is 0 Å². The van der Waals surface area contributed by atoms with Gasteiger partial charge in [-0.05, 0) is 24.7 Å². The lowest BCUT2D eigenvalue weighted by molar-refractivity contribution is 0.0734. The minimum Gasteiger partial charge on any atom is -0.396 e. The topological polar surface area (TPSA) is 23.5 Å². The average molecular weight is 187 g/mol. The number of hydrogen-bond donors (Lipinski definition) is 1. The van der Waals surface area contributed by atoms with Crippen molar-refractivity contribution < 1.29 is 5.11 Å². The molecular weight excluding hydrogens is 169 g/mol. The molecule has 0 aromatic rings. The Labute approximate surface area is 76.9 Å². The van der Waals surface area contributed by atoms with Gasteiger partial charge >= 0.3 is 0 Å². The van der Waals surface area contributed by atoms with Crippen molar-refractivity contribution >= 4 is 9.39 Å². The zero-order chi connectivity index (χ0) is 9.03. The van der Waals surface area contributed by atoms with Crippen molar-refractivity contribution in [3.63, 3.8) is 0 Å². The Kier molecular flexibility index (Phi) is 3.70. The standard InChI is InChI=1S/C9H18NOP/c1-2-3-9(8-11)4-6-10(12)7-5-9/h2,11H,1,3-8,12H2. The highest BCUT2D eigenvalue weighted by molar-refractivity contribution is 7.13. The normalized spacial score (nSPS) is 23.8. The Bertz CT molecular complexity index is 153. The Morgan fingerprint density at radius 1 is 1.50 bits per heavy atom. The van der Waals surface area contributed by atoms with Crippen molar-refractivity contribution in [1.82, 2.24) is 4.67 Å². The van der Waals surface area contributed by atoms with Gasteiger partial charge in [0.1, 0.15) is 0 Å². The Hall–Kier alpha value is 0.0900. The van der Waals surface area contributed by atoms with Gasteiger partial charge in [0.2, 0.25) is 0 Å². The first kappa shape index (κ1) is 10.2. The van der Waals surface area contributed by atoms with E-state index in [-0.39, 0.29) is 5.41 Å². The molecule has 70 valence electrons. The smallest absolute Gasteiger partial charge is 0.0491 e. The molecule has 0 aromatic heterocycles.